The van der Waals surface area contributed by atoms with E-state index in [-0.39, 0.29) is 6.42 Å². The summed E-state index contributed by atoms with van der Waals surface area (Å²) in [7, 11) is 0. The molecule has 0 spiro atoms. The van der Waals surface area contributed by atoms with Gasteiger partial charge in [-0.15, -0.1) is 0 Å². The molecule has 0 radical (unpaired) electrons. The van der Waals surface area contributed by atoms with Crippen LogP contribution in [0.5, 0.6) is 0 Å². The molecule has 0 atom stereocenters. The van der Waals surface area contributed by atoms with Crippen molar-refractivity contribution >= 4 is 0 Å². The lowest BCUT2D eigenvalue weighted by Crippen LogP contribution is -2.14. The van der Waals surface area contributed by atoms with Gasteiger partial charge in [-0.2, -0.15) is 0 Å². The number of hydrogen-bond acceptors (Lipinski definition) is 0. The molecule has 1 aromatic carbocycles. The first kappa shape index (κ1) is 9.17. The van der Waals surface area contributed by atoms with E-state index in [9.17, 15) is 8.78 Å². The molecule has 2 heteroatoms. The first-order chi connectivity index (χ1) is 5.49. The molecule has 0 aromatic heterocycles. The van der Waals surface area contributed by atoms with E-state index in [0.29, 0.717) is 0 Å². The summed E-state index contributed by atoms with van der Waals surface area (Å²) in [6.07, 6.45) is -0.167. The summed E-state index contributed by atoms with van der Waals surface area (Å²) < 4.78 is 25.2. The van der Waals surface area contributed by atoms with Crippen molar-refractivity contribution in [2.45, 2.75) is 26.2 Å². The van der Waals surface area contributed by atoms with Crippen molar-refractivity contribution in [1.82, 2.24) is 0 Å². The van der Waals surface area contributed by atoms with Crippen molar-refractivity contribution in [3.8, 4) is 0 Å². The Labute approximate surface area is 71.2 Å². The minimum atomic E-state index is -2.61. The standard InChI is InChI=1S/C10H12F2/c1-8-5-3-4-6-9(8)7-10(2,11)12/h3-6H,7H2,1-2H3. The fraction of sp³-hybridized carbons (Fsp3) is 0.400. The van der Waals surface area contributed by atoms with Crippen LogP contribution >= 0.6 is 0 Å². The van der Waals surface area contributed by atoms with Gasteiger partial charge in [0.2, 0.25) is 5.92 Å². The zero-order valence-electron chi connectivity index (χ0n) is 7.27. The topological polar surface area (TPSA) is 0 Å². The summed E-state index contributed by atoms with van der Waals surface area (Å²) >= 11 is 0. The van der Waals surface area contributed by atoms with Gasteiger partial charge in [-0.05, 0) is 25.0 Å². The van der Waals surface area contributed by atoms with E-state index in [1.807, 2.05) is 19.1 Å². The van der Waals surface area contributed by atoms with E-state index in [2.05, 4.69) is 0 Å². The number of benzene rings is 1. The van der Waals surface area contributed by atoms with Crippen LogP contribution in [0.4, 0.5) is 8.78 Å². The summed E-state index contributed by atoms with van der Waals surface area (Å²) in [6.45, 7) is 2.79. The molecule has 0 unspecified atom stereocenters. The van der Waals surface area contributed by atoms with E-state index < -0.39 is 5.92 Å². The van der Waals surface area contributed by atoms with E-state index in [1.54, 1.807) is 12.1 Å². The first-order valence-electron chi connectivity index (χ1n) is 3.91. The van der Waals surface area contributed by atoms with Crippen molar-refractivity contribution in [2.24, 2.45) is 0 Å². The van der Waals surface area contributed by atoms with Crippen LogP contribution < -0.4 is 0 Å². The Bertz CT molecular complexity index is 261. The summed E-state index contributed by atoms with van der Waals surface area (Å²) in [5, 5.41) is 0. The second-order valence-electron chi connectivity index (χ2n) is 3.17. The minimum Gasteiger partial charge on any atom is -0.207 e. The Morgan fingerprint density at radius 1 is 1.25 bits per heavy atom. The second kappa shape index (κ2) is 3.21. The molecule has 1 aromatic rings. The molecule has 1 rings (SSSR count). The number of rotatable bonds is 2. The number of hydrogen-bond donors (Lipinski definition) is 0. The van der Waals surface area contributed by atoms with Gasteiger partial charge in [0.1, 0.15) is 0 Å². The van der Waals surface area contributed by atoms with Crippen LogP contribution in [0, 0.1) is 6.92 Å². The molecule has 12 heavy (non-hydrogen) atoms. The molecule has 0 heterocycles. The molecule has 0 nitrogen and oxygen atoms in total. The van der Waals surface area contributed by atoms with Gasteiger partial charge < -0.3 is 0 Å². The van der Waals surface area contributed by atoms with Crippen LogP contribution in [0.1, 0.15) is 18.1 Å². The maximum absolute atomic E-state index is 12.6. The lowest BCUT2D eigenvalue weighted by atomic mass is 10.0. The SMILES string of the molecule is Cc1ccccc1CC(C)(F)F. The lowest BCUT2D eigenvalue weighted by Gasteiger charge is -2.11. The van der Waals surface area contributed by atoms with Crippen LogP contribution in [0.25, 0.3) is 0 Å². The van der Waals surface area contributed by atoms with Crippen molar-refractivity contribution in [1.29, 1.82) is 0 Å². The average molecular weight is 170 g/mol. The molecule has 66 valence electrons. The second-order valence-corrected chi connectivity index (χ2v) is 3.17. The van der Waals surface area contributed by atoms with Gasteiger partial charge in [0.25, 0.3) is 0 Å². The van der Waals surface area contributed by atoms with Crippen molar-refractivity contribution in [3.63, 3.8) is 0 Å². The molecule has 0 N–H and O–H groups in total. The predicted octanol–water partition coefficient (Wildman–Crippen LogP) is 3.19. The van der Waals surface area contributed by atoms with Crippen molar-refractivity contribution < 1.29 is 8.78 Å². The lowest BCUT2D eigenvalue weighted by molar-refractivity contribution is 0.0225. The molecule has 0 aliphatic rings. The summed E-state index contributed by atoms with van der Waals surface area (Å²) in [6, 6.07) is 7.23. The highest BCUT2D eigenvalue weighted by molar-refractivity contribution is 5.26. The van der Waals surface area contributed by atoms with Gasteiger partial charge in [-0.1, -0.05) is 24.3 Å². The fourth-order valence-electron chi connectivity index (χ4n) is 1.14. The van der Waals surface area contributed by atoms with Crippen molar-refractivity contribution in [3.05, 3.63) is 35.4 Å². The molecule has 0 aliphatic carbocycles. The molecule has 0 fully saturated rings. The Morgan fingerprint density at radius 2 is 1.83 bits per heavy atom. The summed E-state index contributed by atoms with van der Waals surface area (Å²) in [5.41, 5.74) is 1.66. The van der Waals surface area contributed by atoms with Gasteiger partial charge >= 0.3 is 0 Å². The molecule has 0 amide bonds. The fourth-order valence-corrected chi connectivity index (χ4v) is 1.14. The van der Waals surface area contributed by atoms with E-state index >= 15 is 0 Å². The highest BCUT2D eigenvalue weighted by Gasteiger charge is 2.21. The van der Waals surface area contributed by atoms with Gasteiger partial charge in [0.05, 0.1) is 0 Å². The Morgan fingerprint density at radius 3 is 2.33 bits per heavy atom. The van der Waals surface area contributed by atoms with Gasteiger partial charge in [0, 0.05) is 6.42 Å². The number of aryl methyl sites for hydroxylation is 1. The minimum absolute atomic E-state index is 0.167. The van der Waals surface area contributed by atoms with Gasteiger partial charge in [-0.3, -0.25) is 0 Å². The number of halogens is 2. The zero-order chi connectivity index (χ0) is 9.19. The Kier molecular flexibility index (Phi) is 2.46. The smallest absolute Gasteiger partial charge is 0.207 e. The van der Waals surface area contributed by atoms with Crippen LogP contribution in [0.3, 0.4) is 0 Å². The molecule has 0 saturated heterocycles. The monoisotopic (exact) mass is 170 g/mol. The summed E-state index contributed by atoms with van der Waals surface area (Å²) in [4.78, 5) is 0. The quantitative estimate of drug-likeness (QED) is 0.639. The van der Waals surface area contributed by atoms with Crippen LogP contribution in [-0.4, -0.2) is 5.92 Å². The van der Waals surface area contributed by atoms with Gasteiger partial charge in [-0.25, -0.2) is 8.78 Å². The predicted molar refractivity (Wildman–Crippen MR) is 45.5 cm³/mol. The highest BCUT2D eigenvalue weighted by Crippen LogP contribution is 2.20. The normalized spacial score (nSPS) is 11.7. The molecule has 0 bridgehead atoms. The third-order valence-electron chi connectivity index (χ3n) is 1.76. The van der Waals surface area contributed by atoms with Gasteiger partial charge in [0.15, 0.2) is 0 Å². The maximum Gasteiger partial charge on any atom is 0.249 e. The molecular weight excluding hydrogens is 158 g/mol. The van der Waals surface area contributed by atoms with Crippen LogP contribution in [0.15, 0.2) is 24.3 Å². The highest BCUT2D eigenvalue weighted by atomic mass is 19.3. The van der Waals surface area contributed by atoms with Crippen molar-refractivity contribution in [2.75, 3.05) is 0 Å². The third-order valence-corrected chi connectivity index (χ3v) is 1.76. The third kappa shape index (κ3) is 2.61. The number of alkyl halides is 2. The van der Waals surface area contributed by atoms with E-state index in [1.165, 1.54) is 0 Å². The van der Waals surface area contributed by atoms with E-state index in [0.717, 1.165) is 18.1 Å². The van der Waals surface area contributed by atoms with E-state index in [4.69, 9.17) is 0 Å². The van der Waals surface area contributed by atoms with Crippen LogP contribution in [0.2, 0.25) is 0 Å². The Balaban J connectivity index is 2.83. The van der Waals surface area contributed by atoms with Crippen LogP contribution in [-0.2, 0) is 6.42 Å². The largest absolute Gasteiger partial charge is 0.249 e. The Hall–Kier alpha value is -0.920. The maximum atomic E-state index is 12.6. The molecule has 0 saturated carbocycles. The first-order valence-corrected chi connectivity index (χ1v) is 3.91. The molecular formula is C10H12F2. The summed E-state index contributed by atoms with van der Waals surface area (Å²) in [5.74, 6) is -2.61. The average Bonchev–Trinajstić information content (AvgIpc) is 1.91. The zero-order valence-corrected chi connectivity index (χ0v) is 7.27. The molecule has 0 aliphatic heterocycles.